The maximum atomic E-state index is 6.29. The number of nitrogens with zero attached hydrogens (tertiary/aromatic N) is 4. The third-order valence-electron chi connectivity index (χ3n) is 5.33. The minimum Gasteiger partial charge on any atom is -0.439 e. The molecule has 2 aliphatic heterocycles. The first kappa shape index (κ1) is 16.2. The SMILES string of the molecule is Cc1cc(Oc2ccc3c4c2CCCN4CCC3)nc(-c2cccnc2)n1. The lowest BCUT2D eigenvalue weighted by atomic mass is 9.91. The van der Waals surface area contributed by atoms with Gasteiger partial charge in [0.1, 0.15) is 5.75 Å². The second-order valence-corrected chi connectivity index (χ2v) is 7.26. The Morgan fingerprint density at radius 2 is 1.93 bits per heavy atom. The molecular formula is C22H22N4O. The number of anilines is 1. The van der Waals surface area contributed by atoms with Crippen molar-refractivity contribution >= 4 is 5.69 Å². The van der Waals surface area contributed by atoms with Crippen LogP contribution in [0.5, 0.6) is 11.6 Å². The average molecular weight is 358 g/mol. The number of hydrogen-bond donors (Lipinski definition) is 0. The molecule has 0 saturated heterocycles. The second-order valence-electron chi connectivity index (χ2n) is 7.26. The summed E-state index contributed by atoms with van der Waals surface area (Å²) in [6.07, 6.45) is 8.17. The van der Waals surface area contributed by atoms with Gasteiger partial charge in [0, 0.05) is 54.1 Å². The first-order valence-electron chi connectivity index (χ1n) is 9.61. The predicted octanol–water partition coefficient (Wildman–Crippen LogP) is 4.34. The minimum absolute atomic E-state index is 0.588. The van der Waals surface area contributed by atoms with Gasteiger partial charge in [-0.15, -0.1) is 0 Å². The highest BCUT2D eigenvalue weighted by Gasteiger charge is 2.26. The summed E-state index contributed by atoms with van der Waals surface area (Å²) < 4.78 is 6.29. The Morgan fingerprint density at radius 3 is 2.78 bits per heavy atom. The quantitative estimate of drug-likeness (QED) is 0.697. The van der Waals surface area contributed by atoms with Crippen LogP contribution >= 0.6 is 0 Å². The van der Waals surface area contributed by atoms with E-state index in [1.54, 1.807) is 12.4 Å². The fraction of sp³-hybridized carbons (Fsp3) is 0.318. The largest absolute Gasteiger partial charge is 0.439 e. The Labute approximate surface area is 159 Å². The minimum atomic E-state index is 0.588. The molecule has 0 bridgehead atoms. The third kappa shape index (κ3) is 3.03. The van der Waals surface area contributed by atoms with Crippen molar-refractivity contribution in [1.82, 2.24) is 15.0 Å². The highest BCUT2D eigenvalue weighted by atomic mass is 16.5. The molecule has 0 atom stereocenters. The van der Waals surface area contributed by atoms with Gasteiger partial charge in [0.25, 0.3) is 0 Å². The Balaban J connectivity index is 1.53. The van der Waals surface area contributed by atoms with Crippen LogP contribution in [0.4, 0.5) is 5.69 Å². The first-order chi connectivity index (χ1) is 13.3. The molecule has 5 nitrogen and oxygen atoms in total. The molecule has 0 radical (unpaired) electrons. The van der Waals surface area contributed by atoms with E-state index in [9.17, 15) is 0 Å². The topological polar surface area (TPSA) is 51.1 Å². The van der Waals surface area contributed by atoms with E-state index in [2.05, 4.69) is 32.0 Å². The molecule has 0 saturated carbocycles. The van der Waals surface area contributed by atoms with Crippen LogP contribution in [0.1, 0.15) is 29.7 Å². The van der Waals surface area contributed by atoms with E-state index >= 15 is 0 Å². The zero-order valence-electron chi connectivity index (χ0n) is 15.5. The molecule has 5 heteroatoms. The smallest absolute Gasteiger partial charge is 0.223 e. The number of hydrogen-bond acceptors (Lipinski definition) is 5. The summed E-state index contributed by atoms with van der Waals surface area (Å²) in [5.41, 5.74) is 5.97. The number of benzene rings is 1. The van der Waals surface area contributed by atoms with Gasteiger partial charge in [0.2, 0.25) is 5.88 Å². The van der Waals surface area contributed by atoms with E-state index < -0.39 is 0 Å². The van der Waals surface area contributed by atoms with Crippen molar-refractivity contribution in [3.05, 3.63) is 59.5 Å². The molecule has 0 unspecified atom stereocenters. The summed E-state index contributed by atoms with van der Waals surface area (Å²) in [5, 5.41) is 0. The van der Waals surface area contributed by atoms with Gasteiger partial charge in [-0.2, -0.15) is 4.98 Å². The molecule has 27 heavy (non-hydrogen) atoms. The van der Waals surface area contributed by atoms with Crippen molar-refractivity contribution in [1.29, 1.82) is 0 Å². The van der Waals surface area contributed by atoms with Gasteiger partial charge in [-0.1, -0.05) is 6.07 Å². The molecule has 0 fully saturated rings. The molecular weight excluding hydrogens is 336 g/mol. The molecule has 2 aliphatic rings. The van der Waals surface area contributed by atoms with Crippen LogP contribution in [0.3, 0.4) is 0 Å². The number of pyridine rings is 1. The Bertz CT molecular complexity index is 985. The van der Waals surface area contributed by atoms with E-state index in [1.165, 1.54) is 29.7 Å². The zero-order valence-corrected chi connectivity index (χ0v) is 15.5. The maximum absolute atomic E-state index is 6.29. The van der Waals surface area contributed by atoms with Crippen molar-refractivity contribution < 1.29 is 4.74 Å². The molecule has 136 valence electrons. The van der Waals surface area contributed by atoms with Crippen LogP contribution in [0, 0.1) is 6.92 Å². The van der Waals surface area contributed by atoms with E-state index in [-0.39, 0.29) is 0 Å². The summed E-state index contributed by atoms with van der Waals surface area (Å²) in [4.78, 5) is 15.9. The van der Waals surface area contributed by atoms with Gasteiger partial charge >= 0.3 is 0 Å². The summed E-state index contributed by atoms with van der Waals surface area (Å²) >= 11 is 0. The number of ether oxygens (including phenoxy) is 1. The van der Waals surface area contributed by atoms with Crippen molar-refractivity contribution in [2.24, 2.45) is 0 Å². The molecule has 4 heterocycles. The van der Waals surface area contributed by atoms with Gasteiger partial charge < -0.3 is 9.64 Å². The number of aryl methyl sites for hydroxylation is 2. The molecule has 0 spiro atoms. The molecule has 2 aromatic heterocycles. The van der Waals surface area contributed by atoms with Crippen molar-refractivity contribution in [3.63, 3.8) is 0 Å². The highest BCUT2D eigenvalue weighted by Crippen LogP contribution is 2.41. The Kier molecular flexibility index (Phi) is 4.00. The summed E-state index contributed by atoms with van der Waals surface area (Å²) in [6.45, 7) is 4.27. The van der Waals surface area contributed by atoms with Crippen molar-refractivity contribution in [3.8, 4) is 23.0 Å². The van der Waals surface area contributed by atoms with Crippen molar-refractivity contribution in [2.45, 2.75) is 32.6 Å². The van der Waals surface area contributed by atoms with Gasteiger partial charge in [-0.25, -0.2) is 4.98 Å². The maximum Gasteiger partial charge on any atom is 0.223 e. The van der Waals surface area contributed by atoms with Crippen LogP contribution in [0.15, 0.2) is 42.7 Å². The third-order valence-corrected chi connectivity index (χ3v) is 5.33. The molecule has 0 N–H and O–H groups in total. The van der Waals surface area contributed by atoms with E-state index in [0.717, 1.165) is 42.9 Å². The van der Waals surface area contributed by atoms with Gasteiger partial charge in [-0.3, -0.25) is 4.98 Å². The summed E-state index contributed by atoms with van der Waals surface area (Å²) in [7, 11) is 0. The predicted molar refractivity (Wildman–Crippen MR) is 105 cm³/mol. The molecule has 1 aromatic carbocycles. The monoisotopic (exact) mass is 358 g/mol. The standard InChI is InChI=1S/C22H22N4O/c1-15-13-20(25-22(24-15)17-5-2-10-23-14-17)27-19-9-8-16-6-3-11-26-12-4-7-18(19)21(16)26/h2,5,8-10,13-14H,3-4,6-7,11-12H2,1H3. The van der Waals surface area contributed by atoms with Crippen LogP contribution in [-0.4, -0.2) is 28.0 Å². The second kappa shape index (κ2) is 6.65. The number of rotatable bonds is 3. The van der Waals surface area contributed by atoms with Gasteiger partial charge in [-0.05, 0) is 56.4 Å². The molecule has 0 aliphatic carbocycles. The van der Waals surface area contributed by atoms with Crippen LogP contribution < -0.4 is 9.64 Å². The average Bonchev–Trinajstić information content (AvgIpc) is 2.71. The molecule has 5 rings (SSSR count). The zero-order chi connectivity index (χ0) is 18.2. The van der Waals surface area contributed by atoms with E-state index in [0.29, 0.717) is 11.7 Å². The Morgan fingerprint density at radius 1 is 1.04 bits per heavy atom. The van der Waals surface area contributed by atoms with Crippen LogP contribution in [0.2, 0.25) is 0 Å². The molecule has 3 aromatic rings. The van der Waals surface area contributed by atoms with E-state index in [1.807, 2.05) is 25.1 Å². The fourth-order valence-corrected chi connectivity index (χ4v) is 4.17. The lowest BCUT2D eigenvalue weighted by molar-refractivity contribution is 0.451. The summed E-state index contributed by atoms with van der Waals surface area (Å²) in [5.74, 6) is 2.16. The van der Waals surface area contributed by atoms with Crippen molar-refractivity contribution in [2.75, 3.05) is 18.0 Å². The Hall–Kier alpha value is -2.95. The first-order valence-corrected chi connectivity index (χ1v) is 9.61. The fourth-order valence-electron chi connectivity index (χ4n) is 4.17. The van der Waals surface area contributed by atoms with Gasteiger partial charge in [0.15, 0.2) is 5.82 Å². The van der Waals surface area contributed by atoms with Crippen LogP contribution in [0.25, 0.3) is 11.4 Å². The van der Waals surface area contributed by atoms with E-state index in [4.69, 9.17) is 4.74 Å². The van der Waals surface area contributed by atoms with Crippen LogP contribution in [-0.2, 0) is 12.8 Å². The lowest BCUT2D eigenvalue weighted by Gasteiger charge is -2.37. The molecule has 0 amide bonds. The highest BCUT2D eigenvalue weighted by molar-refractivity contribution is 5.67. The normalized spacial score (nSPS) is 15.4. The number of aromatic nitrogens is 3. The lowest BCUT2D eigenvalue weighted by Crippen LogP contribution is -2.34. The summed E-state index contributed by atoms with van der Waals surface area (Å²) in [6, 6.07) is 10.1. The van der Waals surface area contributed by atoms with Gasteiger partial charge in [0.05, 0.1) is 0 Å².